The third-order valence-electron chi connectivity index (χ3n) is 11.1. The number of carbonyl (C=O) groups is 1. The summed E-state index contributed by atoms with van der Waals surface area (Å²) in [6.07, 6.45) is 32.3. The molecule has 3 rings (SSSR count). The van der Waals surface area contributed by atoms with Crippen molar-refractivity contribution in [2.75, 3.05) is 34.4 Å². The van der Waals surface area contributed by atoms with Gasteiger partial charge in [0.1, 0.15) is 6.61 Å². The maximum atomic E-state index is 12.4. The van der Waals surface area contributed by atoms with Gasteiger partial charge in [-0.3, -0.25) is 9.36 Å². The fourth-order valence-corrected chi connectivity index (χ4v) is 8.51. The molecule has 0 heterocycles. The molecule has 0 aliphatic heterocycles. The largest absolute Gasteiger partial charge is 0.394 e. The van der Waals surface area contributed by atoms with Gasteiger partial charge >= 0.3 is 7.60 Å². The lowest BCUT2D eigenvalue weighted by Gasteiger charge is -2.32. The molecular weight excluding hydrogens is 760 g/mol. The van der Waals surface area contributed by atoms with Crippen molar-refractivity contribution < 1.29 is 38.9 Å². The van der Waals surface area contributed by atoms with Gasteiger partial charge in [0.2, 0.25) is 11.7 Å². The molecule has 0 aliphatic carbocycles. The summed E-state index contributed by atoms with van der Waals surface area (Å²) < 4.78 is 10.8. The summed E-state index contributed by atoms with van der Waals surface area (Å²) in [4.78, 5) is 29.9. The Morgan fingerprint density at radius 3 is 1.69 bits per heavy atom. The van der Waals surface area contributed by atoms with Crippen LogP contribution in [0.1, 0.15) is 147 Å². The van der Waals surface area contributed by atoms with Crippen LogP contribution in [0.2, 0.25) is 0 Å². The van der Waals surface area contributed by atoms with E-state index in [1.165, 1.54) is 117 Å². The van der Waals surface area contributed by atoms with Crippen LogP contribution in [0.25, 0.3) is 27.6 Å². The molecular formula is C49H80N2O7P+. The molecule has 0 spiro atoms. The lowest BCUT2D eigenvalue weighted by atomic mass is 9.99. The van der Waals surface area contributed by atoms with Crippen LogP contribution in [0.5, 0.6) is 0 Å². The van der Waals surface area contributed by atoms with E-state index in [-0.39, 0.29) is 17.0 Å². The van der Waals surface area contributed by atoms with Gasteiger partial charge in [-0.1, -0.05) is 170 Å². The Bertz CT molecular complexity index is 1680. The molecule has 6 N–H and O–H groups in total. The molecule has 10 heteroatoms. The minimum Gasteiger partial charge on any atom is -0.394 e. The van der Waals surface area contributed by atoms with E-state index in [1.54, 1.807) is 27.2 Å². The Morgan fingerprint density at radius 1 is 0.678 bits per heavy atom. The van der Waals surface area contributed by atoms with Crippen LogP contribution in [0.15, 0.2) is 72.8 Å². The second-order valence-electron chi connectivity index (χ2n) is 17.2. The second-order valence-corrected chi connectivity index (χ2v) is 18.9. The first-order valence-corrected chi connectivity index (χ1v) is 24.3. The predicted octanol–water partition coefficient (Wildman–Crippen LogP) is 10.8. The molecule has 3 unspecified atom stereocenters. The molecule has 0 saturated heterocycles. The molecule has 0 fully saturated rings. The average molecular weight is 840 g/mol. The Hall–Kier alpha value is -2.88. The van der Waals surface area contributed by atoms with E-state index in [1.807, 2.05) is 6.08 Å². The highest BCUT2D eigenvalue weighted by Gasteiger charge is 2.39. The van der Waals surface area contributed by atoms with Gasteiger partial charge < -0.3 is 34.9 Å². The van der Waals surface area contributed by atoms with Crippen molar-refractivity contribution >= 4 is 41.1 Å². The molecule has 3 atom stereocenters. The highest BCUT2D eigenvalue weighted by Crippen LogP contribution is 2.43. The number of aliphatic hydroxyl groups is 3. The summed E-state index contributed by atoms with van der Waals surface area (Å²) in [6.45, 7) is 1.50. The van der Waals surface area contributed by atoms with E-state index in [2.05, 4.69) is 79.0 Å². The van der Waals surface area contributed by atoms with Crippen LogP contribution in [-0.4, -0.2) is 87.8 Å². The van der Waals surface area contributed by atoms with Crippen molar-refractivity contribution in [3.8, 4) is 0 Å². The van der Waals surface area contributed by atoms with Crippen LogP contribution < -0.4 is 5.32 Å². The summed E-state index contributed by atoms with van der Waals surface area (Å²) >= 11 is 0. The van der Waals surface area contributed by atoms with Crippen molar-refractivity contribution in [1.29, 1.82) is 0 Å². The molecule has 3 aromatic rings. The number of aliphatic hydroxyl groups excluding tert-OH is 3. The zero-order valence-corrected chi connectivity index (χ0v) is 37.8. The van der Waals surface area contributed by atoms with E-state index in [0.717, 1.165) is 38.5 Å². The molecule has 3 aromatic carbocycles. The molecule has 0 aromatic heterocycles. The van der Waals surface area contributed by atoms with Crippen LogP contribution in [-0.2, 0) is 9.36 Å². The number of fused-ring (bicyclic) bond motifs is 2. The van der Waals surface area contributed by atoms with Gasteiger partial charge in [-0.25, -0.2) is 0 Å². The first-order chi connectivity index (χ1) is 28.3. The van der Waals surface area contributed by atoms with E-state index >= 15 is 0 Å². The maximum Gasteiger partial charge on any atom is 0.384 e. The predicted molar refractivity (Wildman–Crippen MR) is 248 cm³/mol. The molecule has 0 saturated carbocycles. The fourth-order valence-electron chi connectivity index (χ4n) is 7.40. The molecule has 332 valence electrons. The van der Waals surface area contributed by atoms with Gasteiger partial charge in [0.15, 0.2) is 0 Å². The van der Waals surface area contributed by atoms with E-state index in [0.29, 0.717) is 6.42 Å². The van der Waals surface area contributed by atoms with Gasteiger partial charge in [0.05, 0.1) is 39.9 Å². The smallest absolute Gasteiger partial charge is 0.384 e. The zero-order valence-electron chi connectivity index (χ0n) is 36.9. The third-order valence-corrected chi connectivity index (χ3v) is 12.7. The van der Waals surface area contributed by atoms with Gasteiger partial charge in [0, 0.05) is 6.42 Å². The van der Waals surface area contributed by atoms with E-state index in [4.69, 9.17) is 14.9 Å². The van der Waals surface area contributed by atoms with Crippen molar-refractivity contribution in [2.45, 2.75) is 160 Å². The summed E-state index contributed by atoms with van der Waals surface area (Å²) in [5.41, 5.74) is 1.29. The Morgan fingerprint density at radius 2 is 1.19 bits per heavy atom. The minimum atomic E-state index is -4.18. The molecule has 1 amide bonds. The number of likely N-dealkylation sites (N-methyl/N-ethyl adjacent to an activating group) is 1. The normalized spacial score (nSPS) is 13.8. The number of rotatable bonds is 30. The summed E-state index contributed by atoms with van der Waals surface area (Å²) in [7, 11) is 0.700. The van der Waals surface area contributed by atoms with Crippen molar-refractivity contribution in [2.24, 2.45) is 0 Å². The monoisotopic (exact) mass is 840 g/mol. The highest BCUT2D eigenvalue weighted by atomic mass is 31.2. The second kappa shape index (κ2) is 30.2. The van der Waals surface area contributed by atoms with Crippen LogP contribution in [0.4, 0.5) is 0 Å². The van der Waals surface area contributed by atoms with Crippen LogP contribution in [0, 0.1) is 0 Å². The van der Waals surface area contributed by atoms with Crippen LogP contribution >= 0.6 is 7.60 Å². The summed E-state index contributed by atoms with van der Waals surface area (Å²) in [5, 5.41) is 36.9. The van der Waals surface area contributed by atoms with Crippen LogP contribution in [0.3, 0.4) is 0 Å². The topological polar surface area (TPSA) is 147 Å². The van der Waals surface area contributed by atoms with E-state index in [9.17, 15) is 19.6 Å². The number of nitrogens with one attached hydrogen (secondary N) is 1. The van der Waals surface area contributed by atoms with Gasteiger partial charge in [0.25, 0.3) is 0 Å². The molecule has 59 heavy (non-hydrogen) atoms. The Balaban J connectivity index is 0.000000951. The van der Waals surface area contributed by atoms with Crippen molar-refractivity contribution in [1.82, 2.24) is 5.32 Å². The maximum absolute atomic E-state index is 12.4. The van der Waals surface area contributed by atoms with Gasteiger partial charge in [-0.15, -0.1) is 0 Å². The number of quaternary nitrogens is 1. The summed E-state index contributed by atoms with van der Waals surface area (Å²) in [5.74, 6) is -1.11. The summed E-state index contributed by atoms with van der Waals surface area (Å²) in [6, 6.07) is 19.1. The Labute approximate surface area is 356 Å². The minimum absolute atomic E-state index is 0.0563. The lowest BCUT2D eigenvalue weighted by Crippen LogP contribution is -2.46. The van der Waals surface area contributed by atoms with Gasteiger partial charge in [-0.05, 0) is 71.3 Å². The zero-order chi connectivity index (χ0) is 43.4. The number of unbranched alkanes of at least 4 members (excludes halogenated alkanes) is 18. The van der Waals surface area contributed by atoms with Gasteiger partial charge in [-0.2, -0.15) is 0 Å². The number of nitrogens with zero attached hydrogens (tertiary/aromatic N) is 1. The quantitative estimate of drug-likeness (QED) is 0.0129. The Kier molecular flexibility index (Phi) is 26.7. The fraction of sp³-hybridized carbons (Fsp3) is 0.612. The van der Waals surface area contributed by atoms with Crippen molar-refractivity contribution in [3.05, 3.63) is 78.4 Å². The lowest BCUT2D eigenvalue weighted by molar-refractivity contribution is -0.883. The first-order valence-electron chi connectivity index (χ1n) is 22.6. The SMILES string of the molecule is CCCCCCCCCCCCC/C=C/C(O)C(CO)NC(=O)CCCCCCCCC/C=C/c1cccc2cc3ccccc3cc12.C[N+](C)(C)C(CO)P(=O)(O)O. The third kappa shape index (κ3) is 22.5. The number of benzene rings is 3. The number of carbonyl (C=O) groups excluding carboxylic acids is 1. The number of amides is 1. The number of allylic oxidation sites excluding steroid dienone is 2. The standard InChI is InChI=1S/C44H65NO3.C5H14NO4P/c1-2-3-4-5-6-7-8-9-10-13-16-19-22-32-43(47)42(36-46)45-44(48)33-23-20-17-14-11-12-15-18-21-27-37-30-26-31-40-34-38-28-24-25-29-39(38)35-41(37)40;1-6(2,3)5(4-7)11(8,9)10/h21-22,24-32,34-35,42-43,46-47H,2-20,23,33,36H2,1H3,(H,45,48);5,7H,4H2,1-3H3,(H-,8,9,10)/p+1/b27-21+,32-22+;. The number of hydrogen-bond donors (Lipinski definition) is 6. The average Bonchev–Trinajstić information content (AvgIpc) is 3.19. The highest BCUT2D eigenvalue weighted by molar-refractivity contribution is 7.52. The number of hydrogen-bond acceptors (Lipinski definition) is 5. The molecule has 0 radical (unpaired) electrons. The van der Waals surface area contributed by atoms with E-state index < -0.39 is 32.1 Å². The molecule has 9 nitrogen and oxygen atoms in total. The first kappa shape index (κ1) is 52.3. The molecule has 0 aliphatic rings. The van der Waals surface area contributed by atoms with Crippen molar-refractivity contribution in [3.63, 3.8) is 0 Å². The molecule has 0 bridgehead atoms.